The Balaban J connectivity index is 1.33. The smallest absolute Gasteiger partial charge is 0.266 e. The molecule has 0 amide bonds. The first-order chi connectivity index (χ1) is 18.0. The molecule has 1 aromatic carbocycles. The number of nitrogens with one attached hydrogen (secondary N) is 2. The van der Waals surface area contributed by atoms with Crippen LogP contribution in [0.15, 0.2) is 58.2 Å². The minimum Gasteiger partial charge on any atom is -0.364 e. The standard InChI is InChI=1S/C27H27BrFN7O/c1-16-12-31-8-9-35(16)24-5-4-20(11-23(24)29)33-27-32-13-19-10-22(28)26(37)36(25(19)34-27)15-18-6-7-30-14-21(18)17-2-3-17/h4-7,10-11,13-14,16-17,31H,2-3,8-9,12,15H2,1H3,(H,32,33,34). The van der Waals surface area contributed by atoms with Gasteiger partial charge in [0.25, 0.3) is 5.56 Å². The average Bonchev–Trinajstić information content (AvgIpc) is 3.74. The van der Waals surface area contributed by atoms with Gasteiger partial charge in [0, 0.05) is 55.3 Å². The Hall–Kier alpha value is -3.37. The molecule has 10 heteroatoms. The zero-order valence-electron chi connectivity index (χ0n) is 20.4. The summed E-state index contributed by atoms with van der Waals surface area (Å²) in [6.45, 7) is 4.87. The maximum absolute atomic E-state index is 15.1. The van der Waals surface area contributed by atoms with Crippen LogP contribution in [-0.2, 0) is 6.54 Å². The Kier molecular flexibility index (Phi) is 6.37. The number of piperazine rings is 1. The lowest BCUT2D eigenvalue weighted by molar-refractivity contribution is 0.491. The first-order valence-corrected chi connectivity index (χ1v) is 13.3. The van der Waals surface area contributed by atoms with E-state index in [0.717, 1.165) is 43.4 Å². The van der Waals surface area contributed by atoms with Crippen LogP contribution in [0.25, 0.3) is 11.0 Å². The predicted molar refractivity (Wildman–Crippen MR) is 146 cm³/mol. The second-order valence-corrected chi connectivity index (χ2v) is 10.6. The van der Waals surface area contributed by atoms with Gasteiger partial charge in [0.2, 0.25) is 5.95 Å². The molecule has 0 spiro atoms. The molecule has 1 aliphatic heterocycles. The summed E-state index contributed by atoms with van der Waals surface area (Å²) in [5.41, 5.74) is 3.71. The highest BCUT2D eigenvalue weighted by atomic mass is 79.9. The van der Waals surface area contributed by atoms with E-state index >= 15 is 4.39 Å². The number of benzene rings is 1. The van der Waals surface area contributed by atoms with Crippen LogP contribution in [0.1, 0.15) is 36.8 Å². The van der Waals surface area contributed by atoms with Crippen molar-refractivity contribution in [1.29, 1.82) is 0 Å². The van der Waals surface area contributed by atoms with Crippen molar-refractivity contribution < 1.29 is 4.39 Å². The Bertz CT molecular complexity index is 1540. The van der Waals surface area contributed by atoms with E-state index in [4.69, 9.17) is 0 Å². The number of pyridine rings is 2. The number of fused-ring (bicyclic) bond motifs is 1. The second-order valence-electron chi connectivity index (χ2n) is 9.74. The molecule has 190 valence electrons. The second kappa shape index (κ2) is 9.83. The maximum Gasteiger partial charge on any atom is 0.266 e. The van der Waals surface area contributed by atoms with Gasteiger partial charge in [0.05, 0.1) is 16.7 Å². The van der Waals surface area contributed by atoms with Crippen LogP contribution in [0.3, 0.4) is 0 Å². The van der Waals surface area contributed by atoms with E-state index in [-0.39, 0.29) is 17.4 Å². The Labute approximate surface area is 222 Å². The molecule has 1 aliphatic carbocycles. The molecular weight excluding hydrogens is 537 g/mol. The summed E-state index contributed by atoms with van der Waals surface area (Å²) >= 11 is 3.40. The van der Waals surface area contributed by atoms with Crippen LogP contribution in [0.2, 0.25) is 0 Å². The molecule has 1 saturated carbocycles. The largest absolute Gasteiger partial charge is 0.364 e. The summed E-state index contributed by atoms with van der Waals surface area (Å²) in [6, 6.07) is 8.99. The molecule has 4 heterocycles. The van der Waals surface area contributed by atoms with E-state index < -0.39 is 0 Å². The van der Waals surface area contributed by atoms with Crippen LogP contribution in [0, 0.1) is 5.82 Å². The molecule has 1 saturated heterocycles. The fraction of sp³-hybridized carbons (Fsp3) is 0.333. The van der Waals surface area contributed by atoms with Gasteiger partial charge >= 0.3 is 0 Å². The van der Waals surface area contributed by atoms with Gasteiger partial charge in [-0.2, -0.15) is 4.98 Å². The van der Waals surface area contributed by atoms with Crippen LogP contribution in [0.4, 0.5) is 21.7 Å². The minimum atomic E-state index is -0.300. The molecule has 37 heavy (non-hydrogen) atoms. The zero-order chi connectivity index (χ0) is 25.5. The quantitative estimate of drug-likeness (QED) is 0.355. The van der Waals surface area contributed by atoms with Crippen molar-refractivity contribution in [2.45, 2.75) is 38.3 Å². The third-order valence-corrected chi connectivity index (χ3v) is 7.66. The summed E-state index contributed by atoms with van der Waals surface area (Å²) in [6.07, 6.45) is 7.62. The first-order valence-electron chi connectivity index (χ1n) is 12.5. The molecule has 2 aliphatic rings. The molecule has 1 unspecified atom stereocenters. The van der Waals surface area contributed by atoms with Gasteiger partial charge in [-0.1, -0.05) is 0 Å². The highest BCUT2D eigenvalue weighted by Gasteiger charge is 2.26. The molecule has 0 radical (unpaired) electrons. The normalized spacial score (nSPS) is 17.8. The van der Waals surface area contributed by atoms with Crippen LogP contribution in [-0.4, -0.2) is 45.2 Å². The molecule has 2 N–H and O–H groups in total. The number of rotatable bonds is 6. The summed E-state index contributed by atoms with van der Waals surface area (Å²) in [7, 11) is 0. The van der Waals surface area contributed by atoms with Crippen molar-refractivity contribution in [1.82, 2.24) is 24.8 Å². The van der Waals surface area contributed by atoms with Crippen molar-refractivity contribution in [2.75, 3.05) is 29.9 Å². The molecule has 4 aromatic rings. The van der Waals surface area contributed by atoms with Crippen LogP contribution < -0.4 is 21.1 Å². The third kappa shape index (κ3) is 4.83. The van der Waals surface area contributed by atoms with Gasteiger partial charge in [-0.05, 0) is 83.1 Å². The van der Waals surface area contributed by atoms with Gasteiger partial charge < -0.3 is 15.5 Å². The van der Waals surface area contributed by atoms with Gasteiger partial charge in [0.15, 0.2) is 0 Å². The topological polar surface area (TPSA) is 88.0 Å². The van der Waals surface area contributed by atoms with E-state index in [1.165, 1.54) is 11.6 Å². The fourth-order valence-electron chi connectivity index (χ4n) is 4.99. The minimum absolute atomic E-state index is 0.170. The van der Waals surface area contributed by atoms with Gasteiger partial charge in [-0.25, -0.2) is 9.37 Å². The van der Waals surface area contributed by atoms with Crippen molar-refractivity contribution in [2.24, 2.45) is 0 Å². The number of halogens is 2. The van der Waals surface area contributed by atoms with Crippen molar-refractivity contribution in [3.63, 3.8) is 0 Å². The van der Waals surface area contributed by atoms with E-state index in [1.807, 2.05) is 18.3 Å². The maximum atomic E-state index is 15.1. The Morgan fingerprint density at radius 1 is 1.22 bits per heavy atom. The molecule has 6 rings (SSSR count). The highest BCUT2D eigenvalue weighted by Crippen LogP contribution is 2.41. The molecule has 3 aromatic heterocycles. The summed E-state index contributed by atoms with van der Waals surface area (Å²) in [4.78, 5) is 28.6. The SMILES string of the molecule is CC1CNCCN1c1ccc(Nc2ncc3cc(Br)c(=O)n(Cc4ccncc4C4CC4)c3n2)cc1F. The van der Waals surface area contributed by atoms with Gasteiger partial charge in [-0.3, -0.25) is 14.3 Å². The van der Waals surface area contributed by atoms with Crippen molar-refractivity contribution in [3.8, 4) is 0 Å². The number of anilines is 3. The fourth-order valence-corrected chi connectivity index (χ4v) is 5.45. The number of hydrogen-bond acceptors (Lipinski definition) is 7. The number of aromatic nitrogens is 4. The number of hydrogen-bond donors (Lipinski definition) is 2. The monoisotopic (exact) mass is 563 g/mol. The summed E-state index contributed by atoms with van der Waals surface area (Å²) in [5, 5.41) is 7.17. The molecule has 2 fully saturated rings. The van der Waals surface area contributed by atoms with Gasteiger partial charge in [0.1, 0.15) is 11.5 Å². The van der Waals surface area contributed by atoms with Gasteiger partial charge in [-0.15, -0.1) is 0 Å². The van der Waals surface area contributed by atoms with E-state index in [2.05, 4.69) is 53.3 Å². The molecule has 8 nitrogen and oxygen atoms in total. The predicted octanol–water partition coefficient (Wildman–Crippen LogP) is 4.56. The lowest BCUT2D eigenvalue weighted by atomic mass is 10.1. The molecular formula is C27H27BrFN7O. The van der Waals surface area contributed by atoms with Crippen molar-refractivity contribution in [3.05, 3.63) is 80.7 Å². The Morgan fingerprint density at radius 2 is 2.08 bits per heavy atom. The van der Waals surface area contributed by atoms with Crippen LogP contribution in [0.5, 0.6) is 0 Å². The van der Waals surface area contributed by atoms with E-state index in [0.29, 0.717) is 39.9 Å². The first kappa shape index (κ1) is 24.0. The molecule has 0 bridgehead atoms. The lowest BCUT2D eigenvalue weighted by Gasteiger charge is -2.36. The summed E-state index contributed by atoms with van der Waals surface area (Å²) < 4.78 is 17.2. The summed E-state index contributed by atoms with van der Waals surface area (Å²) in [5.74, 6) is 0.500. The molecule has 1 atom stereocenters. The van der Waals surface area contributed by atoms with Crippen molar-refractivity contribution >= 4 is 44.3 Å². The average molecular weight is 564 g/mol. The van der Waals surface area contributed by atoms with E-state index in [1.54, 1.807) is 29.1 Å². The highest BCUT2D eigenvalue weighted by molar-refractivity contribution is 9.10. The third-order valence-electron chi connectivity index (χ3n) is 7.09. The Morgan fingerprint density at radius 3 is 2.86 bits per heavy atom. The zero-order valence-corrected chi connectivity index (χ0v) is 22.0. The van der Waals surface area contributed by atoms with Crippen LogP contribution >= 0.6 is 15.9 Å². The number of nitrogens with zero attached hydrogens (tertiary/aromatic N) is 5. The van der Waals surface area contributed by atoms with E-state index in [9.17, 15) is 4.79 Å². The lowest BCUT2D eigenvalue weighted by Crippen LogP contribution is -2.50.